The number of hydrogen-bond acceptors (Lipinski definition) is 6. The van der Waals surface area contributed by atoms with Crippen LogP contribution in [0.25, 0.3) is 0 Å². The summed E-state index contributed by atoms with van der Waals surface area (Å²) in [7, 11) is 0. The third-order valence-electron chi connectivity index (χ3n) is 6.35. The van der Waals surface area contributed by atoms with Gasteiger partial charge in [0, 0.05) is 0 Å². The van der Waals surface area contributed by atoms with Crippen molar-refractivity contribution in [2.75, 3.05) is 13.6 Å². The summed E-state index contributed by atoms with van der Waals surface area (Å²) in [5.74, 6) is -0.205. The van der Waals surface area contributed by atoms with E-state index in [2.05, 4.69) is 0 Å². The van der Waals surface area contributed by atoms with Gasteiger partial charge in [-0.3, -0.25) is 4.79 Å². The fraction of sp³-hybridized carbons (Fsp3) is 0.500. The van der Waals surface area contributed by atoms with Crippen molar-refractivity contribution in [1.82, 2.24) is 0 Å². The Balaban J connectivity index is 1.60. The Labute approximate surface area is 190 Å². The lowest BCUT2D eigenvalue weighted by molar-refractivity contribution is -0.280. The van der Waals surface area contributed by atoms with E-state index in [0.717, 1.165) is 11.1 Å². The summed E-state index contributed by atoms with van der Waals surface area (Å²) < 4.78 is 23.3. The highest BCUT2D eigenvalue weighted by Gasteiger charge is 2.60. The number of carbonyl (C=O) groups excluding carboxylic acids is 1. The van der Waals surface area contributed by atoms with Crippen LogP contribution in [0.5, 0.6) is 0 Å². The summed E-state index contributed by atoms with van der Waals surface area (Å²) >= 11 is 0. The highest BCUT2D eigenvalue weighted by molar-refractivity contribution is 5.87. The lowest BCUT2D eigenvalue weighted by atomic mass is 9.65. The van der Waals surface area contributed by atoms with Gasteiger partial charge in [0.25, 0.3) is 0 Å². The Morgan fingerprint density at radius 1 is 0.969 bits per heavy atom. The summed E-state index contributed by atoms with van der Waals surface area (Å²) in [4.78, 5) is 12.7. The number of hydrogen-bond donors (Lipinski definition) is 1. The Hall–Kier alpha value is -2.09. The summed E-state index contributed by atoms with van der Waals surface area (Å²) in [6.07, 6.45) is 0.457. The van der Waals surface area contributed by atoms with Crippen LogP contribution in [0.1, 0.15) is 44.7 Å². The molecule has 0 aromatic heterocycles. The first-order valence-electron chi connectivity index (χ1n) is 11.1. The summed E-state index contributed by atoms with van der Waals surface area (Å²) in [5, 5.41) is 11.5. The second-order valence-corrected chi connectivity index (χ2v) is 8.68. The molecular weight excluding hydrogens is 408 g/mol. The van der Waals surface area contributed by atoms with Crippen LogP contribution in [0.2, 0.25) is 0 Å². The number of rotatable bonds is 11. The van der Waals surface area contributed by atoms with Gasteiger partial charge in [-0.15, -0.1) is 0 Å². The molecule has 1 N–H and O–H groups in total. The smallest absolute Gasteiger partial charge is 0.164 e. The Kier molecular flexibility index (Phi) is 8.57. The molecule has 0 saturated heterocycles. The fourth-order valence-corrected chi connectivity index (χ4v) is 4.53. The molecule has 1 aliphatic rings. The van der Waals surface area contributed by atoms with Gasteiger partial charge in [-0.2, -0.15) is 0 Å². The molecule has 0 heterocycles. The molecule has 4 atom stereocenters. The summed E-state index contributed by atoms with van der Waals surface area (Å²) in [5.41, 5.74) is -0.895. The van der Waals surface area contributed by atoms with Crippen LogP contribution >= 0.6 is 0 Å². The lowest BCUT2D eigenvalue weighted by Gasteiger charge is -2.52. The van der Waals surface area contributed by atoms with Crippen LogP contribution in [0.4, 0.5) is 0 Å². The van der Waals surface area contributed by atoms with Crippen molar-refractivity contribution < 1.29 is 28.8 Å². The number of carbonyl (C=O) groups is 1. The molecule has 2 aromatic rings. The molecule has 3 unspecified atom stereocenters. The zero-order valence-corrected chi connectivity index (χ0v) is 19.2. The van der Waals surface area contributed by atoms with Gasteiger partial charge in [0.05, 0.1) is 19.3 Å². The Bertz CT molecular complexity index is 838. The minimum absolute atomic E-state index is 0.0124. The highest BCUT2D eigenvalue weighted by atomic mass is 16.7. The predicted molar refractivity (Wildman–Crippen MR) is 121 cm³/mol. The molecule has 0 aliphatic heterocycles. The molecule has 6 nitrogen and oxygen atoms in total. The van der Waals surface area contributed by atoms with Crippen LogP contribution in [0, 0.1) is 5.92 Å². The maximum Gasteiger partial charge on any atom is 0.164 e. The normalized spacial score (nSPS) is 27.9. The van der Waals surface area contributed by atoms with E-state index in [0.29, 0.717) is 26.1 Å². The average Bonchev–Trinajstić information content (AvgIpc) is 2.78. The molecule has 0 amide bonds. The van der Waals surface area contributed by atoms with Crippen LogP contribution < -0.4 is 0 Å². The number of ether oxygens (including phenoxy) is 4. The SMILES string of the molecule is CC(=O)[C@@]1(OCOCc2ccccc2)CCC(C)C(OCOCc2ccccc2)C1(C)O. The molecule has 1 fully saturated rings. The molecule has 2 aromatic carbocycles. The highest BCUT2D eigenvalue weighted by Crippen LogP contribution is 2.45. The molecule has 1 saturated carbocycles. The summed E-state index contributed by atoms with van der Waals surface area (Å²) in [6, 6.07) is 19.5. The molecule has 32 heavy (non-hydrogen) atoms. The molecule has 0 spiro atoms. The van der Waals surface area contributed by atoms with Crippen molar-refractivity contribution >= 4 is 5.78 Å². The van der Waals surface area contributed by atoms with E-state index < -0.39 is 17.3 Å². The molecule has 0 radical (unpaired) electrons. The second kappa shape index (κ2) is 11.2. The fourth-order valence-electron chi connectivity index (χ4n) is 4.53. The van der Waals surface area contributed by atoms with Crippen molar-refractivity contribution in [2.24, 2.45) is 5.92 Å². The zero-order chi connectivity index (χ0) is 23.0. The minimum Gasteiger partial charge on any atom is -0.384 e. The number of aliphatic hydroxyl groups is 1. The third kappa shape index (κ3) is 5.63. The lowest BCUT2D eigenvalue weighted by Crippen LogP contribution is -2.69. The van der Waals surface area contributed by atoms with Gasteiger partial charge in [0.1, 0.15) is 19.2 Å². The molecule has 1 aliphatic carbocycles. The van der Waals surface area contributed by atoms with Crippen molar-refractivity contribution in [3.8, 4) is 0 Å². The van der Waals surface area contributed by atoms with Gasteiger partial charge in [-0.05, 0) is 43.7 Å². The summed E-state index contributed by atoms with van der Waals surface area (Å²) in [6.45, 7) is 5.75. The monoisotopic (exact) mass is 442 g/mol. The average molecular weight is 443 g/mol. The van der Waals surface area contributed by atoms with E-state index in [4.69, 9.17) is 18.9 Å². The predicted octanol–water partition coefficient (Wildman–Crippen LogP) is 4.25. The maximum absolute atomic E-state index is 12.7. The first-order chi connectivity index (χ1) is 15.4. The topological polar surface area (TPSA) is 74.2 Å². The van der Waals surface area contributed by atoms with Gasteiger partial charge in [0.15, 0.2) is 11.4 Å². The van der Waals surface area contributed by atoms with Gasteiger partial charge < -0.3 is 24.1 Å². The van der Waals surface area contributed by atoms with Crippen molar-refractivity contribution in [3.05, 3.63) is 71.8 Å². The molecule has 3 rings (SSSR count). The second-order valence-electron chi connectivity index (χ2n) is 8.68. The van der Waals surface area contributed by atoms with Crippen LogP contribution in [-0.2, 0) is 37.0 Å². The maximum atomic E-state index is 12.7. The van der Waals surface area contributed by atoms with Gasteiger partial charge in [0.2, 0.25) is 0 Å². The number of benzene rings is 2. The van der Waals surface area contributed by atoms with E-state index in [1.807, 2.05) is 67.6 Å². The Morgan fingerprint density at radius 2 is 1.50 bits per heavy atom. The third-order valence-corrected chi connectivity index (χ3v) is 6.35. The standard InChI is InChI=1S/C26H34O6/c1-20-14-15-26(21(2)27,32-19-30-17-23-12-8-5-9-13-23)25(3,28)24(20)31-18-29-16-22-10-6-4-7-11-22/h4-13,20,24,28H,14-19H2,1-3H3/t20?,24?,25?,26-/m0/s1. The van der Waals surface area contributed by atoms with E-state index in [1.165, 1.54) is 6.92 Å². The number of ketones is 1. The zero-order valence-electron chi connectivity index (χ0n) is 19.2. The minimum atomic E-state index is -1.54. The largest absolute Gasteiger partial charge is 0.384 e. The first kappa shape index (κ1) is 24.6. The first-order valence-corrected chi connectivity index (χ1v) is 11.1. The van der Waals surface area contributed by atoms with E-state index >= 15 is 0 Å². The van der Waals surface area contributed by atoms with Crippen LogP contribution in [0.15, 0.2) is 60.7 Å². The molecule has 0 bridgehead atoms. The molecule has 6 heteroatoms. The van der Waals surface area contributed by atoms with Crippen molar-refractivity contribution in [1.29, 1.82) is 0 Å². The van der Waals surface area contributed by atoms with E-state index in [9.17, 15) is 9.90 Å². The quantitative estimate of drug-likeness (QED) is 0.414. The van der Waals surface area contributed by atoms with Crippen molar-refractivity contribution in [3.63, 3.8) is 0 Å². The van der Waals surface area contributed by atoms with E-state index in [-0.39, 0.29) is 25.3 Å². The molecular formula is C26H34O6. The molecule has 174 valence electrons. The van der Waals surface area contributed by atoms with E-state index in [1.54, 1.807) is 6.92 Å². The van der Waals surface area contributed by atoms with Gasteiger partial charge in [-0.25, -0.2) is 0 Å². The van der Waals surface area contributed by atoms with Gasteiger partial charge >= 0.3 is 0 Å². The van der Waals surface area contributed by atoms with Crippen molar-refractivity contribution in [2.45, 2.75) is 64.1 Å². The Morgan fingerprint density at radius 3 is 2.03 bits per heavy atom. The van der Waals surface area contributed by atoms with Crippen LogP contribution in [0.3, 0.4) is 0 Å². The van der Waals surface area contributed by atoms with Gasteiger partial charge in [-0.1, -0.05) is 67.6 Å². The van der Waals surface area contributed by atoms with Crippen LogP contribution in [-0.4, -0.2) is 41.8 Å². The number of Topliss-reactive ketones (excluding diaryl/α,β-unsaturated/α-hetero) is 1.